The van der Waals surface area contributed by atoms with E-state index in [-0.39, 0.29) is 24.1 Å². The Balaban J connectivity index is 2.05. The maximum atomic E-state index is 12.4. The van der Waals surface area contributed by atoms with Gasteiger partial charge in [-0.25, -0.2) is 14.8 Å². The van der Waals surface area contributed by atoms with Crippen LogP contribution in [0.2, 0.25) is 0 Å². The van der Waals surface area contributed by atoms with Crippen LogP contribution < -0.4 is 4.74 Å². The quantitative estimate of drug-likeness (QED) is 0.929. The summed E-state index contributed by atoms with van der Waals surface area (Å²) >= 11 is 0. The van der Waals surface area contributed by atoms with E-state index in [0.717, 1.165) is 18.4 Å². The van der Waals surface area contributed by atoms with E-state index in [4.69, 9.17) is 14.3 Å². The van der Waals surface area contributed by atoms with Gasteiger partial charge in [0.25, 0.3) is 0 Å². The van der Waals surface area contributed by atoms with E-state index in [1.165, 1.54) is 6.07 Å². The molecule has 0 saturated carbocycles. The first-order chi connectivity index (χ1) is 9.36. The lowest BCUT2D eigenvalue weighted by molar-refractivity contribution is -0.141. The van der Waals surface area contributed by atoms with E-state index in [9.17, 15) is 18.0 Å². The maximum absolute atomic E-state index is 12.4. The highest BCUT2D eigenvalue weighted by Crippen LogP contribution is 2.28. The Bertz CT molecular complexity index is 624. The average molecular weight is 288 g/mol. The molecule has 0 aromatic carbocycles. The molecule has 0 aliphatic carbocycles. The molecule has 9 heteroatoms. The lowest BCUT2D eigenvalue weighted by Crippen LogP contribution is -2.09. The minimum Gasteiger partial charge on any atom is -0.476 e. The van der Waals surface area contributed by atoms with Crippen molar-refractivity contribution < 1.29 is 32.2 Å². The van der Waals surface area contributed by atoms with Gasteiger partial charge in [-0.2, -0.15) is 13.2 Å². The smallest absolute Gasteiger partial charge is 0.433 e. The first kappa shape index (κ1) is 13.8. The van der Waals surface area contributed by atoms with Gasteiger partial charge in [-0.05, 0) is 6.07 Å². The van der Waals surface area contributed by atoms with E-state index >= 15 is 0 Å². The first-order valence-corrected chi connectivity index (χ1v) is 5.21. The number of aromatic carboxylic acids is 1. The molecule has 0 fully saturated rings. The number of hydrogen-bond donors (Lipinski definition) is 1. The second-order valence-electron chi connectivity index (χ2n) is 3.58. The maximum Gasteiger partial charge on any atom is 0.433 e. The van der Waals surface area contributed by atoms with Crippen LogP contribution in [0.3, 0.4) is 0 Å². The van der Waals surface area contributed by atoms with Gasteiger partial charge in [-0.3, -0.25) is 0 Å². The lowest BCUT2D eigenvalue weighted by Gasteiger charge is -2.07. The number of aromatic nitrogens is 2. The van der Waals surface area contributed by atoms with Crippen molar-refractivity contribution in [2.24, 2.45) is 0 Å². The van der Waals surface area contributed by atoms with Crippen molar-refractivity contribution in [1.82, 2.24) is 9.97 Å². The van der Waals surface area contributed by atoms with Crippen LogP contribution >= 0.6 is 0 Å². The van der Waals surface area contributed by atoms with Crippen molar-refractivity contribution in [3.8, 4) is 5.88 Å². The van der Waals surface area contributed by atoms with Crippen LogP contribution in [0.1, 0.15) is 22.1 Å². The largest absolute Gasteiger partial charge is 0.476 e. The van der Waals surface area contributed by atoms with Crippen LogP contribution in [-0.2, 0) is 12.8 Å². The van der Waals surface area contributed by atoms with E-state index in [1.54, 1.807) is 0 Å². The third-order valence-corrected chi connectivity index (χ3v) is 2.13. The van der Waals surface area contributed by atoms with E-state index in [0.29, 0.717) is 0 Å². The molecular weight excluding hydrogens is 281 g/mol. The molecule has 0 saturated heterocycles. The summed E-state index contributed by atoms with van der Waals surface area (Å²) < 4.78 is 47.0. The van der Waals surface area contributed by atoms with Crippen LogP contribution in [0.15, 0.2) is 28.9 Å². The number of carbonyl (C=O) groups is 1. The van der Waals surface area contributed by atoms with Crippen LogP contribution in [0.4, 0.5) is 13.2 Å². The summed E-state index contributed by atoms with van der Waals surface area (Å²) in [6.45, 7) is -0.332. The molecule has 0 bridgehead atoms. The fraction of sp³-hybridized carbons (Fsp3) is 0.182. The minimum atomic E-state index is -4.57. The third-order valence-electron chi connectivity index (χ3n) is 2.13. The van der Waals surface area contributed by atoms with Crippen molar-refractivity contribution in [3.05, 3.63) is 41.7 Å². The zero-order valence-corrected chi connectivity index (χ0v) is 9.72. The number of halogens is 3. The summed E-state index contributed by atoms with van der Waals surface area (Å²) in [5.74, 6) is -1.63. The van der Waals surface area contributed by atoms with E-state index in [1.807, 2.05) is 0 Å². The van der Waals surface area contributed by atoms with E-state index in [2.05, 4.69) is 9.97 Å². The standard InChI is InChI=1S/C11H7F3N2O4/c12-11(13,14)7-2-1-3-8(16-7)20-5-9-15-6(4-19-9)10(17)18/h1-4H,5H2,(H,17,18). The van der Waals surface area contributed by atoms with Gasteiger partial charge in [0.15, 0.2) is 12.3 Å². The van der Waals surface area contributed by atoms with Gasteiger partial charge in [0.05, 0.1) is 0 Å². The molecule has 0 aliphatic heterocycles. The second-order valence-corrected chi connectivity index (χ2v) is 3.58. The Labute approximate surface area is 109 Å². The molecule has 0 unspecified atom stereocenters. The molecule has 2 rings (SSSR count). The summed E-state index contributed by atoms with van der Waals surface area (Å²) in [4.78, 5) is 17.4. The molecule has 0 atom stereocenters. The second kappa shape index (κ2) is 5.19. The topological polar surface area (TPSA) is 85.5 Å². The Morgan fingerprint density at radius 3 is 2.70 bits per heavy atom. The number of carboxylic acids is 1. The lowest BCUT2D eigenvalue weighted by atomic mass is 10.3. The monoisotopic (exact) mass is 288 g/mol. The van der Waals surface area contributed by atoms with Gasteiger partial charge < -0.3 is 14.3 Å². The zero-order chi connectivity index (χ0) is 14.8. The molecule has 6 nitrogen and oxygen atoms in total. The number of alkyl halides is 3. The predicted octanol–water partition coefficient (Wildman–Crippen LogP) is 2.37. The molecular formula is C11H7F3N2O4. The number of pyridine rings is 1. The van der Waals surface area contributed by atoms with Crippen molar-refractivity contribution >= 4 is 5.97 Å². The summed E-state index contributed by atoms with van der Waals surface area (Å²) in [7, 11) is 0. The normalized spacial score (nSPS) is 11.3. The molecule has 0 spiro atoms. The molecule has 1 N–H and O–H groups in total. The summed E-state index contributed by atoms with van der Waals surface area (Å²) in [6.07, 6.45) is -3.67. The highest BCUT2D eigenvalue weighted by molar-refractivity contribution is 5.84. The summed E-state index contributed by atoms with van der Waals surface area (Å²) in [5, 5.41) is 8.61. The van der Waals surface area contributed by atoms with Crippen molar-refractivity contribution in [2.45, 2.75) is 12.8 Å². The molecule has 0 aliphatic rings. The molecule has 106 valence electrons. The van der Waals surface area contributed by atoms with Gasteiger partial charge in [0, 0.05) is 6.07 Å². The van der Waals surface area contributed by atoms with Gasteiger partial charge in [0.2, 0.25) is 11.8 Å². The highest BCUT2D eigenvalue weighted by atomic mass is 19.4. The SMILES string of the molecule is O=C(O)c1coc(COc2cccc(C(F)(F)F)n2)n1. The minimum absolute atomic E-state index is 0.0818. The Kier molecular flexibility index (Phi) is 3.59. The average Bonchev–Trinajstić information content (AvgIpc) is 2.85. The Morgan fingerprint density at radius 2 is 2.10 bits per heavy atom. The fourth-order valence-electron chi connectivity index (χ4n) is 1.26. The number of hydrogen-bond acceptors (Lipinski definition) is 5. The van der Waals surface area contributed by atoms with Gasteiger partial charge >= 0.3 is 12.1 Å². The van der Waals surface area contributed by atoms with Crippen LogP contribution in [0.5, 0.6) is 5.88 Å². The summed E-state index contributed by atoms with van der Waals surface area (Å²) in [5.41, 5.74) is -1.41. The Morgan fingerprint density at radius 1 is 1.35 bits per heavy atom. The zero-order valence-electron chi connectivity index (χ0n) is 9.72. The van der Waals surface area contributed by atoms with Gasteiger partial charge in [0.1, 0.15) is 12.0 Å². The highest BCUT2D eigenvalue weighted by Gasteiger charge is 2.32. The van der Waals surface area contributed by atoms with Crippen molar-refractivity contribution in [3.63, 3.8) is 0 Å². The van der Waals surface area contributed by atoms with Crippen molar-refractivity contribution in [2.75, 3.05) is 0 Å². The van der Waals surface area contributed by atoms with Crippen LogP contribution in [0, 0.1) is 0 Å². The number of rotatable bonds is 4. The number of carboxylic acid groups (broad SMARTS) is 1. The fourth-order valence-corrected chi connectivity index (χ4v) is 1.26. The number of oxazole rings is 1. The molecule has 2 heterocycles. The van der Waals surface area contributed by atoms with Gasteiger partial charge in [-0.15, -0.1) is 0 Å². The predicted molar refractivity (Wildman–Crippen MR) is 57.0 cm³/mol. The van der Waals surface area contributed by atoms with Gasteiger partial charge in [-0.1, -0.05) is 6.07 Å². The molecule has 2 aromatic heterocycles. The first-order valence-electron chi connectivity index (χ1n) is 5.21. The summed E-state index contributed by atoms with van der Waals surface area (Å²) in [6, 6.07) is 3.18. The van der Waals surface area contributed by atoms with E-state index < -0.39 is 17.8 Å². The van der Waals surface area contributed by atoms with Crippen LogP contribution in [0.25, 0.3) is 0 Å². The molecule has 2 aromatic rings. The Hall–Kier alpha value is -2.58. The number of ether oxygens (including phenoxy) is 1. The molecule has 20 heavy (non-hydrogen) atoms. The molecule has 0 radical (unpaired) electrons. The third kappa shape index (κ3) is 3.25. The molecule has 0 amide bonds. The number of nitrogens with zero attached hydrogens (tertiary/aromatic N) is 2. The van der Waals surface area contributed by atoms with Crippen LogP contribution in [-0.4, -0.2) is 21.0 Å². The van der Waals surface area contributed by atoms with Crippen molar-refractivity contribution in [1.29, 1.82) is 0 Å².